The highest BCUT2D eigenvalue weighted by Gasteiger charge is 2.43. The first kappa shape index (κ1) is 13.3. The lowest BCUT2D eigenvalue weighted by molar-refractivity contribution is 0.0592. The van der Waals surface area contributed by atoms with E-state index in [1.165, 1.54) is 7.11 Å². The first-order valence-electron chi connectivity index (χ1n) is 7.14. The first-order valence-corrected chi connectivity index (χ1v) is 7.14. The van der Waals surface area contributed by atoms with Crippen molar-refractivity contribution in [2.24, 2.45) is 11.8 Å². The van der Waals surface area contributed by atoms with Crippen molar-refractivity contribution in [2.45, 2.75) is 19.4 Å². The molecule has 6 heteroatoms. The number of nitrogens with one attached hydrogen (secondary N) is 1. The number of methoxy groups -OCH3 is 1. The van der Waals surface area contributed by atoms with Gasteiger partial charge in [-0.25, -0.2) is 4.79 Å². The molecule has 0 spiro atoms. The van der Waals surface area contributed by atoms with Gasteiger partial charge in [-0.15, -0.1) is 10.2 Å². The standard InChI is InChI=1S/C14H20N4O2/c1-3-12-10-7-15-6-9(10)8-18(12)13-5-4-11(16-17-13)14(19)20-2/h4-5,9-10,12,15H,3,6-8H2,1-2H3. The zero-order valence-corrected chi connectivity index (χ0v) is 11.9. The van der Waals surface area contributed by atoms with Crippen molar-refractivity contribution in [1.29, 1.82) is 0 Å². The van der Waals surface area contributed by atoms with E-state index in [2.05, 4.69) is 32.1 Å². The Morgan fingerprint density at radius 3 is 2.95 bits per heavy atom. The van der Waals surface area contributed by atoms with Crippen molar-refractivity contribution >= 4 is 11.8 Å². The van der Waals surface area contributed by atoms with Gasteiger partial charge in [0.15, 0.2) is 11.5 Å². The number of fused-ring (bicyclic) bond motifs is 1. The molecule has 3 atom stereocenters. The minimum absolute atomic E-state index is 0.255. The van der Waals surface area contributed by atoms with E-state index < -0.39 is 5.97 Å². The molecule has 1 aromatic heterocycles. The van der Waals surface area contributed by atoms with Crippen molar-refractivity contribution in [3.63, 3.8) is 0 Å². The Balaban J connectivity index is 1.80. The van der Waals surface area contributed by atoms with Crippen LogP contribution in [0.4, 0.5) is 5.82 Å². The molecule has 3 heterocycles. The van der Waals surface area contributed by atoms with E-state index in [1.807, 2.05) is 6.07 Å². The number of hydrogen-bond donors (Lipinski definition) is 1. The number of carbonyl (C=O) groups is 1. The van der Waals surface area contributed by atoms with Crippen LogP contribution in [0.1, 0.15) is 23.8 Å². The molecule has 0 saturated carbocycles. The van der Waals surface area contributed by atoms with E-state index in [4.69, 9.17) is 0 Å². The molecule has 0 amide bonds. The lowest BCUT2D eigenvalue weighted by Crippen LogP contribution is -2.35. The maximum absolute atomic E-state index is 11.4. The second kappa shape index (κ2) is 5.36. The van der Waals surface area contributed by atoms with E-state index in [0.29, 0.717) is 17.9 Å². The number of hydrogen-bond acceptors (Lipinski definition) is 6. The maximum atomic E-state index is 11.4. The molecule has 3 unspecified atom stereocenters. The molecule has 1 N–H and O–H groups in total. The Kier molecular flexibility index (Phi) is 3.56. The fourth-order valence-corrected chi connectivity index (χ4v) is 3.50. The van der Waals surface area contributed by atoms with Gasteiger partial charge in [0.05, 0.1) is 7.11 Å². The van der Waals surface area contributed by atoms with Gasteiger partial charge in [-0.2, -0.15) is 0 Å². The van der Waals surface area contributed by atoms with Crippen molar-refractivity contribution in [3.8, 4) is 0 Å². The quantitative estimate of drug-likeness (QED) is 0.820. The molecule has 6 nitrogen and oxygen atoms in total. The average molecular weight is 276 g/mol. The lowest BCUT2D eigenvalue weighted by atomic mass is 9.93. The number of esters is 1. The molecule has 0 radical (unpaired) electrons. The minimum Gasteiger partial charge on any atom is -0.464 e. The highest BCUT2D eigenvalue weighted by Crippen LogP contribution is 2.36. The van der Waals surface area contributed by atoms with Crippen molar-refractivity contribution in [1.82, 2.24) is 15.5 Å². The van der Waals surface area contributed by atoms with E-state index in [1.54, 1.807) is 6.07 Å². The summed E-state index contributed by atoms with van der Waals surface area (Å²) in [6.45, 7) is 5.41. The van der Waals surface area contributed by atoms with Gasteiger partial charge in [0.1, 0.15) is 0 Å². The maximum Gasteiger partial charge on any atom is 0.358 e. The summed E-state index contributed by atoms with van der Waals surface area (Å²) in [4.78, 5) is 13.7. The van der Waals surface area contributed by atoms with Crippen LogP contribution >= 0.6 is 0 Å². The summed E-state index contributed by atoms with van der Waals surface area (Å²) >= 11 is 0. The second-order valence-corrected chi connectivity index (χ2v) is 5.48. The molecule has 3 rings (SSSR count). The van der Waals surface area contributed by atoms with Crippen LogP contribution in [-0.4, -0.2) is 49.0 Å². The predicted octanol–water partition coefficient (Wildman–Crippen LogP) is 0.697. The molecule has 1 aromatic rings. The van der Waals surface area contributed by atoms with Gasteiger partial charge in [0, 0.05) is 25.7 Å². The molecule has 0 aliphatic carbocycles. The van der Waals surface area contributed by atoms with Crippen LogP contribution in [0, 0.1) is 11.8 Å². The van der Waals surface area contributed by atoms with Gasteiger partial charge in [0.2, 0.25) is 0 Å². The zero-order chi connectivity index (χ0) is 14.1. The van der Waals surface area contributed by atoms with Gasteiger partial charge < -0.3 is 15.0 Å². The normalized spacial score (nSPS) is 28.5. The Morgan fingerprint density at radius 1 is 1.45 bits per heavy atom. The van der Waals surface area contributed by atoms with Gasteiger partial charge in [0.25, 0.3) is 0 Å². The SMILES string of the molecule is CCC1C2CNCC2CN1c1ccc(C(=O)OC)nn1. The van der Waals surface area contributed by atoms with E-state index in [0.717, 1.165) is 31.9 Å². The number of anilines is 1. The number of carbonyl (C=O) groups excluding carboxylic acids is 1. The third kappa shape index (κ3) is 2.14. The van der Waals surface area contributed by atoms with Crippen molar-refractivity contribution in [2.75, 3.05) is 31.6 Å². The Labute approximate surface area is 118 Å². The average Bonchev–Trinajstić information content (AvgIpc) is 3.06. The number of rotatable bonds is 3. The summed E-state index contributed by atoms with van der Waals surface area (Å²) in [6, 6.07) is 4.07. The number of ether oxygens (including phenoxy) is 1. The molecule has 0 aromatic carbocycles. The molecule has 2 aliphatic rings. The highest BCUT2D eigenvalue weighted by molar-refractivity contribution is 5.87. The molecular weight excluding hydrogens is 256 g/mol. The van der Waals surface area contributed by atoms with Gasteiger partial charge in [-0.05, 0) is 30.4 Å². The van der Waals surface area contributed by atoms with E-state index in [-0.39, 0.29) is 5.69 Å². The third-order valence-corrected chi connectivity index (χ3v) is 4.48. The summed E-state index contributed by atoms with van der Waals surface area (Å²) in [7, 11) is 1.35. The monoisotopic (exact) mass is 276 g/mol. The molecule has 0 bridgehead atoms. The fraction of sp³-hybridized carbons (Fsp3) is 0.643. The van der Waals surface area contributed by atoms with Crippen LogP contribution in [0.5, 0.6) is 0 Å². The smallest absolute Gasteiger partial charge is 0.358 e. The second-order valence-electron chi connectivity index (χ2n) is 5.48. The largest absolute Gasteiger partial charge is 0.464 e. The highest BCUT2D eigenvalue weighted by atomic mass is 16.5. The summed E-state index contributed by atoms with van der Waals surface area (Å²) in [5.41, 5.74) is 0.255. The number of nitrogens with zero attached hydrogens (tertiary/aromatic N) is 3. The van der Waals surface area contributed by atoms with Crippen LogP contribution in [0.3, 0.4) is 0 Å². The van der Waals surface area contributed by atoms with Crippen LogP contribution < -0.4 is 10.2 Å². The molecule has 2 fully saturated rings. The van der Waals surface area contributed by atoms with E-state index >= 15 is 0 Å². The molecular formula is C14H20N4O2. The van der Waals surface area contributed by atoms with Crippen molar-refractivity contribution < 1.29 is 9.53 Å². The van der Waals surface area contributed by atoms with E-state index in [9.17, 15) is 4.79 Å². The van der Waals surface area contributed by atoms with Gasteiger partial charge in [-0.3, -0.25) is 0 Å². The summed E-state index contributed by atoms with van der Waals surface area (Å²) in [5, 5.41) is 11.7. The van der Waals surface area contributed by atoms with Crippen LogP contribution in [0.2, 0.25) is 0 Å². The predicted molar refractivity (Wildman–Crippen MR) is 74.6 cm³/mol. The zero-order valence-electron chi connectivity index (χ0n) is 11.9. The molecule has 20 heavy (non-hydrogen) atoms. The fourth-order valence-electron chi connectivity index (χ4n) is 3.50. The summed E-state index contributed by atoms with van der Waals surface area (Å²) in [5.74, 6) is 1.81. The summed E-state index contributed by atoms with van der Waals surface area (Å²) < 4.78 is 4.64. The molecule has 2 saturated heterocycles. The van der Waals surface area contributed by atoms with Crippen LogP contribution in [0.15, 0.2) is 12.1 Å². The molecule has 108 valence electrons. The van der Waals surface area contributed by atoms with Crippen LogP contribution in [-0.2, 0) is 4.74 Å². The Morgan fingerprint density at radius 2 is 2.30 bits per heavy atom. The van der Waals surface area contributed by atoms with Gasteiger partial charge >= 0.3 is 5.97 Å². The Bertz CT molecular complexity index is 490. The van der Waals surface area contributed by atoms with Crippen LogP contribution in [0.25, 0.3) is 0 Å². The first-order chi connectivity index (χ1) is 9.74. The topological polar surface area (TPSA) is 67.4 Å². The van der Waals surface area contributed by atoms with Gasteiger partial charge in [-0.1, -0.05) is 6.92 Å². The van der Waals surface area contributed by atoms with Crippen molar-refractivity contribution in [3.05, 3.63) is 17.8 Å². The Hall–Kier alpha value is -1.69. The molecule has 2 aliphatic heterocycles. The lowest BCUT2D eigenvalue weighted by Gasteiger charge is -2.27. The summed E-state index contributed by atoms with van der Waals surface area (Å²) in [6.07, 6.45) is 1.10. The number of aromatic nitrogens is 2. The third-order valence-electron chi connectivity index (χ3n) is 4.48. The minimum atomic E-state index is -0.446.